The molecule has 0 spiro atoms. The molecule has 0 rings (SSSR count). The molecule has 1 N–H and O–H groups in total. The van der Waals surface area contributed by atoms with E-state index in [0.717, 1.165) is 25.7 Å². The summed E-state index contributed by atoms with van der Waals surface area (Å²) in [4.78, 5) is 0. The Kier molecular flexibility index (Phi) is 6.24. The molecule has 0 amide bonds. The smallest absolute Gasteiger partial charge is 0.0602 e. The van der Waals surface area contributed by atoms with Crippen molar-refractivity contribution in [2.45, 2.75) is 45.6 Å². The SMILES string of the molecule is C=CCC(O)C(CC)CCC. The van der Waals surface area contributed by atoms with E-state index in [0.29, 0.717) is 5.92 Å². The van der Waals surface area contributed by atoms with Gasteiger partial charge in [0.15, 0.2) is 0 Å². The van der Waals surface area contributed by atoms with Gasteiger partial charge in [-0.25, -0.2) is 0 Å². The van der Waals surface area contributed by atoms with E-state index in [1.54, 1.807) is 6.08 Å². The molecule has 11 heavy (non-hydrogen) atoms. The minimum absolute atomic E-state index is 0.169. The molecule has 2 unspecified atom stereocenters. The Morgan fingerprint density at radius 2 is 2.09 bits per heavy atom. The molecular weight excluding hydrogens is 136 g/mol. The van der Waals surface area contributed by atoms with Crippen LogP contribution in [0.1, 0.15) is 39.5 Å². The van der Waals surface area contributed by atoms with Crippen molar-refractivity contribution in [3.63, 3.8) is 0 Å². The van der Waals surface area contributed by atoms with Crippen molar-refractivity contribution in [2.24, 2.45) is 5.92 Å². The molecule has 0 aliphatic rings. The summed E-state index contributed by atoms with van der Waals surface area (Å²) in [5.74, 6) is 0.470. The summed E-state index contributed by atoms with van der Waals surface area (Å²) in [5.41, 5.74) is 0. The van der Waals surface area contributed by atoms with Gasteiger partial charge in [-0.05, 0) is 18.8 Å². The van der Waals surface area contributed by atoms with Crippen LogP contribution >= 0.6 is 0 Å². The van der Waals surface area contributed by atoms with E-state index >= 15 is 0 Å². The minimum Gasteiger partial charge on any atom is -0.393 e. The first-order chi connectivity index (χ1) is 5.26. The molecule has 0 aromatic carbocycles. The van der Waals surface area contributed by atoms with Crippen LogP contribution in [-0.4, -0.2) is 11.2 Å². The maximum atomic E-state index is 9.57. The number of hydrogen-bond acceptors (Lipinski definition) is 1. The average Bonchev–Trinajstić information content (AvgIpc) is 2.00. The van der Waals surface area contributed by atoms with Crippen molar-refractivity contribution in [3.05, 3.63) is 12.7 Å². The van der Waals surface area contributed by atoms with Crippen molar-refractivity contribution in [1.29, 1.82) is 0 Å². The van der Waals surface area contributed by atoms with Gasteiger partial charge in [0.2, 0.25) is 0 Å². The van der Waals surface area contributed by atoms with Gasteiger partial charge < -0.3 is 5.11 Å². The fourth-order valence-corrected chi connectivity index (χ4v) is 1.40. The zero-order chi connectivity index (χ0) is 8.69. The molecule has 0 aliphatic carbocycles. The van der Waals surface area contributed by atoms with Crippen molar-refractivity contribution >= 4 is 0 Å². The average molecular weight is 156 g/mol. The van der Waals surface area contributed by atoms with Crippen molar-refractivity contribution in [3.8, 4) is 0 Å². The van der Waals surface area contributed by atoms with Crippen LogP contribution in [0.4, 0.5) is 0 Å². The van der Waals surface area contributed by atoms with Gasteiger partial charge in [0.05, 0.1) is 6.10 Å². The molecule has 0 bridgehead atoms. The van der Waals surface area contributed by atoms with Gasteiger partial charge in [0.25, 0.3) is 0 Å². The van der Waals surface area contributed by atoms with Crippen LogP contribution in [0.25, 0.3) is 0 Å². The van der Waals surface area contributed by atoms with Crippen LogP contribution in [-0.2, 0) is 0 Å². The molecule has 66 valence electrons. The first-order valence-electron chi connectivity index (χ1n) is 4.55. The Hall–Kier alpha value is -0.300. The molecule has 0 aromatic heterocycles. The van der Waals surface area contributed by atoms with E-state index in [1.165, 1.54) is 0 Å². The van der Waals surface area contributed by atoms with Crippen LogP contribution in [0.3, 0.4) is 0 Å². The van der Waals surface area contributed by atoms with Gasteiger partial charge in [-0.2, -0.15) is 0 Å². The minimum atomic E-state index is -0.169. The third-order valence-electron chi connectivity index (χ3n) is 2.14. The Labute approximate surface area is 70.1 Å². The summed E-state index contributed by atoms with van der Waals surface area (Å²) < 4.78 is 0. The van der Waals surface area contributed by atoms with Gasteiger partial charge in [-0.15, -0.1) is 6.58 Å². The molecule has 0 aromatic rings. The second-order valence-corrected chi connectivity index (χ2v) is 3.05. The van der Waals surface area contributed by atoms with Crippen LogP contribution in [0.5, 0.6) is 0 Å². The Balaban J connectivity index is 3.70. The molecule has 0 saturated heterocycles. The lowest BCUT2D eigenvalue weighted by Gasteiger charge is -2.19. The summed E-state index contributed by atoms with van der Waals surface area (Å²) in [5, 5.41) is 9.57. The normalized spacial score (nSPS) is 15.9. The Morgan fingerprint density at radius 1 is 1.45 bits per heavy atom. The van der Waals surface area contributed by atoms with Crippen LogP contribution in [0, 0.1) is 5.92 Å². The highest BCUT2D eigenvalue weighted by molar-refractivity contribution is 4.76. The Bertz CT molecular complexity index is 99.0. The van der Waals surface area contributed by atoms with E-state index in [4.69, 9.17) is 0 Å². The van der Waals surface area contributed by atoms with E-state index in [9.17, 15) is 5.11 Å². The fraction of sp³-hybridized carbons (Fsp3) is 0.800. The van der Waals surface area contributed by atoms with Gasteiger partial charge >= 0.3 is 0 Å². The molecule has 1 nitrogen and oxygen atoms in total. The van der Waals surface area contributed by atoms with Gasteiger partial charge in [0.1, 0.15) is 0 Å². The zero-order valence-corrected chi connectivity index (χ0v) is 7.71. The monoisotopic (exact) mass is 156 g/mol. The highest BCUT2D eigenvalue weighted by atomic mass is 16.3. The molecule has 0 fully saturated rings. The lowest BCUT2D eigenvalue weighted by Crippen LogP contribution is -2.18. The second kappa shape index (κ2) is 6.41. The summed E-state index contributed by atoms with van der Waals surface area (Å²) in [6.45, 7) is 7.91. The van der Waals surface area contributed by atoms with Crippen molar-refractivity contribution < 1.29 is 5.11 Å². The van der Waals surface area contributed by atoms with Crippen LogP contribution in [0.2, 0.25) is 0 Å². The largest absolute Gasteiger partial charge is 0.393 e. The highest BCUT2D eigenvalue weighted by Crippen LogP contribution is 2.17. The lowest BCUT2D eigenvalue weighted by molar-refractivity contribution is 0.102. The number of aliphatic hydroxyl groups is 1. The predicted octanol–water partition coefficient (Wildman–Crippen LogP) is 2.75. The topological polar surface area (TPSA) is 20.2 Å². The van der Waals surface area contributed by atoms with E-state index in [1.807, 2.05) is 0 Å². The third-order valence-corrected chi connectivity index (χ3v) is 2.14. The molecule has 1 heteroatoms. The number of hydrogen-bond donors (Lipinski definition) is 1. The van der Waals surface area contributed by atoms with Gasteiger partial charge in [-0.3, -0.25) is 0 Å². The first-order valence-corrected chi connectivity index (χ1v) is 4.55. The van der Waals surface area contributed by atoms with E-state index < -0.39 is 0 Å². The molecule has 2 atom stereocenters. The van der Waals surface area contributed by atoms with Crippen LogP contribution < -0.4 is 0 Å². The fourth-order valence-electron chi connectivity index (χ4n) is 1.40. The maximum absolute atomic E-state index is 9.57. The van der Waals surface area contributed by atoms with Crippen molar-refractivity contribution in [1.82, 2.24) is 0 Å². The van der Waals surface area contributed by atoms with Gasteiger partial charge in [0, 0.05) is 0 Å². The lowest BCUT2D eigenvalue weighted by atomic mass is 9.92. The van der Waals surface area contributed by atoms with E-state index in [-0.39, 0.29) is 6.10 Å². The second-order valence-electron chi connectivity index (χ2n) is 3.05. The third kappa shape index (κ3) is 4.20. The van der Waals surface area contributed by atoms with E-state index in [2.05, 4.69) is 20.4 Å². The molecule has 0 radical (unpaired) electrons. The van der Waals surface area contributed by atoms with Crippen LogP contribution in [0.15, 0.2) is 12.7 Å². The Morgan fingerprint density at radius 3 is 2.45 bits per heavy atom. The summed E-state index contributed by atoms with van der Waals surface area (Å²) in [6, 6.07) is 0. The summed E-state index contributed by atoms with van der Waals surface area (Å²) in [6.07, 6.45) is 5.72. The molecular formula is C10H20O. The number of rotatable bonds is 6. The molecule has 0 saturated carbocycles. The molecule has 0 aliphatic heterocycles. The maximum Gasteiger partial charge on any atom is 0.0602 e. The summed E-state index contributed by atoms with van der Waals surface area (Å²) in [7, 11) is 0. The quantitative estimate of drug-likeness (QED) is 0.586. The molecule has 0 heterocycles. The van der Waals surface area contributed by atoms with Crippen molar-refractivity contribution in [2.75, 3.05) is 0 Å². The number of aliphatic hydroxyl groups excluding tert-OH is 1. The predicted molar refractivity (Wildman–Crippen MR) is 49.5 cm³/mol. The van der Waals surface area contributed by atoms with Gasteiger partial charge in [-0.1, -0.05) is 32.8 Å². The standard InChI is InChI=1S/C10H20O/c1-4-7-9(6-3)10(11)8-5-2/h5,9-11H,2,4,6-8H2,1,3H3. The summed E-state index contributed by atoms with van der Waals surface area (Å²) >= 11 is 0. The first kappa shape index (κ1) is 10.7. The zero-order valence-electron chi connectivity index (χ0n) is 7.71. The highest BCUT2D eigenvalue weighted by Gasteiger charge is 2.14.